The first-order chi connectivity index (χ1) is 8.34. The number of amides is 1. The highest BCUT2D eigenvalue weighted by Gasteiger charge is 2.26. The van der Waals surface area contributed by atoms with Crippen LogP contribution in [-0.4, -0.2) is 30.0 Å². The van der Waals surface area contributed by atoms with Crippen LogP contribution in [0.3, 0.4) is 0 Å². The van der Waals surface area contributed by atoms with Gasteiger partial charge < -0.3 is 9.57 Å². The second-order valence-electron chi connectivity index (χ2n) is 3.68. The molecule has 3 rings (SSSR count). The first kappa shape index (κ1) is 9.89. The van der Waals surface area contributed by atoms with Crippen LogP contribution in [0.5, 0.6) is 5.75 Å². The number of hydrogen-bond acceptors (Lipinski definition) is 4. The van der Waals surface area contributed by atoms with Crippen LogP contribution >= 0.6 is 0 Å². The van der Waals surface area contributed by atoms with Crippen molar-refractivity contribution in [1.82, 2.24) is 4.90 Å². The topological polar surface area (TPSA) is 51.1 Å². The van der Waals surface area contributed by atoms with Gasteiger partial charge in [-0.15, -0.1) is 0 Å². The Labute approximate surface area is 97.9 Å². The van der Waals surface area contributed by atoms with Gasteiger partial charge in [0.15, 0.2) is 11.6 Å². The summed E-state index contributed by atoms with van der Waals surface area (Å²) in [7, 11) is 0. The van der Waals surface area contributed by atoms with Crippen LogP contribution in [0.4, 0.5) is 4.79 Å². The summed E-state index contributed by atoms with van der Waals surface area (Å²) in [4.78, 5) is 18.1. The smallest absolute Gasteiger partial charge is 0.415 e. The lowest BCUT2D eigenvalue weighted by atomic mass is 10.2. The number of cyclic esters (lactones) is 1. The van der Waals surface area contributed by atoms with E-state index in [4.69, 9.17) is 9.57 Å². The van der Waals surface area contributed by atoms with Gasteiger partial charge in [-0.05, 0) is 18.2 Å². The van der Waals surface area contributed by atoms with Gasteiger partial charge in [-0.2, -0.15) is 0 Å². The van der Waals surface area contributed by atoms with Crippen LogP contribution in [0.1, 0.15) is 5.56 Å². The molecule has 1 amide bonds. The standard InChI is InChI=1S/C12H10N2O3/c15-12-14(7-8-16-12)11-6-5-9-3-1-2-4-10(9)17-13-11/h1-6H,7-8H2. The molecule has 2 aliphatic rings. The van der Waals surface area contributed by atoms with Gasteiger partial charge in [0.05, 0.1) is 6.54 Å². The highest BCUT2D eigenvalue weighted by molar-refractivity contribution is 6.05. The number of amidine groups is 1. The lowest BCUT2D eigenvalue weighted by molar-refractivity contribution is 0.168. The Kier molecular flexibility index (Phi) is 2.29. The summed E-state index contributed by atoms with van der Waals surface area (Å²) >= 11 is 0. The van der Waals surface area contributed by atoms with Crippen LogP contribution in [0.15, 0.2) is 35.5 Å². The summed E-state index contributed by atoms with van der Waals surface area (Å²) in [6.45, 7) is 0.889. The molecule has 86 valence electrons. The summed E-state index contributed by atoms with van der Waals surface area (Å²) in [5, 5.41) is 3.95. The van der Waals surface area contributed by atoms with Gasteiger partial charge in [-0.1, -0.05) is 23.4 Å². The molecule has 0 atom stereocenters. The number of ether oxygens (including phenoxy) is 1. The number of fused-ring (bicyclic) bond motifs is 1. The van der Waals surface area contributed by atoms with Crippen molar-refractivity contribution in [2.24, 2.45) is 5.16 Å². The number of para-hydroxylation sites is 1. The second-order valence-corrected chi connectivity index (χ2v) is 3.68. The van der Waals surface area contributed by atoms with E-state index in [0.29, 0.717) is 24.7 Å². The number of benzene rings is 1. The molecule has 0 aliphatic carbocycles. The Balaban J connectivity index is 1.91. The SMILES string of the molecule is O=C1OCCN1C1=NOc2ccccc2C=C1. The van der Waals surface area contributed by atoms with E-state index in [2.05, 4.69) is 5.16 Å². The van der Waals surface area contributed by atoms with Crippen molar-refractivity contribution in [3.8, 4) is 5.75 Å². The highest BCUT2D eigenvalue weighted by Crippen LogP contribution is 2.22. The maximum absolute atomic E-state index is 11.4. The van der Waals surface area contributed by atoms with Gasteiger partial charge in [-0.25, -0.2) is 4.79 Å². The molecule has 0 radical (unpaired) electrons. The third kappa shape index (κ3) is 1.75. The highest BCUT2D eigenvalue weighted by atomic mass is 16.6. The summed E-state index contributed by atoms with van der Waals surface area (Å²) in [6.07, 6.45) is 3.23. The molecule has 5 heteroatoms. The van der Waals surface area contributed by atoms with Crippen molar-refractivity contribution in [3.05, 3.63) is 35.9 Å². The first-order valence-electron chi connectivity index (χ1n) is 5.31. The van der Waals surface area contributed by atoms with E-state index in [1.54, 1.807) is 6.08 Å². The van der Waals surface area contributed by atoms with Gasteiger partial charge in [0, 0.05) is 5.56 Å². The van der Waals surface area contributed by atoms with Crippen molar-refractivity contribution in [2.45, 2.75) is 0 Å². The minimum Gasteiger partial charge on any atom is -0.447 e. The number of carbonyl (C=O) groups is 1. The zero-order chi connectivity index (χ0) is 11.7. The molecule has 1 saturated heterocycles. The number of carbonyl (C=O) groups excluding carboxylic acids is 1. The Morgan fingerprint density at radius 2 is 2.12 bits per heavy atom. The quantitative estimate of drug-likeness (QED) is 0.683. The molecule has 1 aromatic rings. The van der Waals surface area contributed by atoms with Gasteiger partial charge in [0.2, 0.25) is 0 Å². The van der Waals surface area contributed by atoms with Gasteiger partial charge in [0.1, 0.15) is 6.61 Å². The van der Waals surface area contributed by atoms with Crippen LogP contribution in [0, 0.1) is 0 Å². The maximum Gasteiger partial charge on any atom is 0.415 e. The average Bonchev–Trinajstić information content (AvgIpc) is 2.66. The molecule has 0 spiro atoms. The molecule has 0 bridgehead atoms. The second kappa shape index (κ2) is 3.93. The third-order valence-electron chi connectivity index (χ3n) is 2.61. The van der Waals surface area contributed by atoms with Crippen molar-refractivity contribution in [3.63, 3.8) is 0 Å². The maximum atomic E-state index is 11.4. The van der Waals surface area contributed by atoms with E-state index in [9.17, 15) is 4.79 Å². The summed E-state index contributed by atoms with van der Waals surface area (Å²) in [5.41, 5.74) is 0.929. The first-order valence-corrected chi connectivity index (χ1v) is 5.31. The van der Waals surface area contributed by atoms with Crippen LogP contribution in [0.2, 0.25) is 0 Å². The Morgan fingerprint density at radius 3 is 2.94 bits per heavy atom. The van der Waals surface area contributed by atoms with E-state index in [0.717, 1.165) is 5.56 Å². The molecule has 5 nitrogen and oxygen atoms in total. The predicted molar refractivity (Wildman–Crippen MR) is 61.6 cm³/mol. The van der Waals surface area contributed by atoms with E-state index < -0.39 is 0 Å². The zero-order valence-electron chi connectivity index (χ0n) is 9.00. The van der Waals surface area contributed by atoms with Crippen molar-refractivity contribution in [1.29, 1.82) is 0 Å². The van der Waals surface area contributed by atoms with Crippen LogP contribution < -0.4 is 4.84 Å². The summed E-state index contributed by atoms with van der Waals surface area (Å²) in [5.74, 6) is 1.13. The molecule has 0 N–H and O–H groups in total. The fourth-order valence-corrected chi connectivity index (χ4v) is 1.73. The monoisotopic (exact) mass is 230 g/mol. The van der Waals surface area contributed by atoms with Crippen molar-refractivity contribution < 1.29 is 14.4 Å². The van der Waals surface area contributed by atoms with E-state index in [-0.39, 0.29) is 6.09 Å². The van der Waals surface area contributed by atoms with Crippen LogP contribution in [0.25, 0.3) is 6.08 Å². The third-order valence-corrected chi connectivity index (χ3v) is 2.61. The molecule has 0 aromatic heterocycles. The van der Waals surface area contributed by atoms with E-state index >= 15 is 0 Å². The van der Waals surface area contributed by atoms with Crippen molar-refractivity contribution >= 4 is 18.0 Å². The fraction of sp³-hybridized carbons (Fsp3) is 0.167. The number of hydrogen-bond donors (Lipinski definition) is 0. The van der Waals surface area contributed by atoms with Gasteiger partial charge in [0.25, 0.3) is 0 Å². The van der Waals surface area contributed by atoms with E-state index in [1.165, 1.54) is 4.90 Å². The van der Waals surface area contributed by atoms with Gasteiger partial charge >= 0.3 is 6.09 Å². The van der Waals surface area contributed by atoms with Crippen molar-refractivity contribution in [2.75, 3.05) is 13.2 Å². The normalized spacial score (nSPS) is 18.0. The number of rotatable bonds is 0. The Hall–Kier alpha value is -2.30. The zero-order valence-corrected chi connectivity index (χ0v) is 9.00. The molecular weight excluding hydrogens is 220 g/mol. The molecule has 1 fully saturated rings. The summed E-state index contributed by atoms with van der Waals surface area (Å²) < 4.78 is 4.85. The lowest BCUT2D eigenvalue weighted by Crippen LogP contribution is -2.30. The molecule has 1 aromatic carbocycles. The molecule has 17 heavy (non-hydrogen) atoms. The van der Waals surface area contributed by atoms with Crippen LogP contribution in [-0.2, 0) is 4.74 Å². The molecular formula is C12H10N2O3. The fourth-order valence-electron chi connectivity index (χ4n) is 1.73. The molecule has 0 saturated carbocycles. The Bertz CT molecular complexity index is 522. The lowest BCUT2D eigenvalue weighted by Gasteiger charge is -2.10. The van der Waals surface area contributed by atoms with Gasteiger partial charge in [-0.3, -0.25) is 4.90 Å². The average molecular weight is 230 g/mol. The minimum atomic E-state index is -0.386. The Morgan fingerprint density at radius 1 is 1.24 bits per heavy atom. The minimum absolute atomic E-state index is 0.386. The molecule has 0 unspecified atom stereocenters. The molecule has 2 aliphatic heterocycles. The number of oxime groups is 1. The summed E-state index contributed by atoms with van der Waals surface area (Å²) in [6, 6.07) is 7.54. The molecule has 2 heterocycles. The predicted octanol–water partition coefficient (Wildman–Crippen LogP) is 1.86. The number of nitrogens with zero attached hydrogens (tertiary/aromatic N) is 2. The largest absolute Gasteiger partial charge is 0.447 e. The van der Waals surface area contributed by atoms with E-state index in [1.807, 2.05) is 30.3 Å².